The molecule has 18 heavy (non-hydrogen) atoms. The van der Waals surface area contributed by atoms with Gasteiger partial charge in [0, 0.05) is 0 Å². The molecular weight excluding hydrogens is 228 g/mol. The molecule has 0 aliphatic heterocycles. The average Bonchev–Trinajstić information content (AvgIpc) is 2.38. The van der Waals surface area contributed by atoms with Gasteiger partial charge in [-0.05, 0) is 30.9 Å². The minimum Gasteiger partial charge on any atom is -0.478 e. The van der Waals surface area contributed by atoms with E-state index < -0.39 is 11.6 Å². The van der Waals surface area contributed by atoms with Crippen molar-refractivity contribution in [1.29, 1.82) is 0 Å². The van der Waals surface area contributed by atoms with Gasteiger partial charge >= 0.3 is 5.97 Å². The first-order chi connectivity index (χ1) is 8.59. The first kappa shape index (κ1) is 14.3. The van der Waals surface area contributed by atoms with Gasteiger partial charge in [0.2, 0.25) is 5.60 Å². The summed E-state index contributed by atoms with van der Waals surface area (Å²) in [6.07, 6.45) is 3.31. The van der Waals surface area contributed by atoms with E-state index in [0.717, 1.165) is 5.56 Å². The second-order valence-corrected chi connectivity index (χ2v) is 4.21. The molecule has 98 valence electrons. The quantitative estimate of drug-likeness (QED) is 0.752. The van der Waals surface area contributed by atoms with Crippen LogP contribution in [0.4, 0.5) is 0 Å². The average molecular weight is 248 g/mol. The minimum atomic E-state index is -1.14. The molecule has 0 aromatic heterocycles. The molecule has 0 saturated heterocycles. The van der Waals surface area contributed by atoms with E-state index in [1.807, 2.05) is 38.1 Å². The van der Waals surface area contributed by atoms with E-state index in [9.17, 15) is 9.90 Å². The van der Waals surface area contributed by atoms with Crippen molar-refractivity contribution < 1.29 is 14.6 Å². The van der Waals surface area contributed by atoms with Gasteiger partial charge in [-0.3, -0.25) is 0 Å². The summed E-state index contributed by atoms with van der Waals surface area (Å²) in [6.45, 7) is 7.35. The summed E-state index contributed by atoms with van der Waals surface area (Å²) in [4.78, 5) is 11.4. The van der Waals surface area contributed by atoms with Gasteiger partial charge in [0.15, 0.2) is 0 Å². The van der Waals surface area contributed by atoms with Gasteiger partial charge in [0.25, 0.3) is 0 Å². The SMILES string of the molecule is C=CCc1ccccc1OC(CC)(CC)C(=O)O. The predicted molar refractivity (Wildman–Crippen MR) is 71.9 cm³/mol. The predicted octanol–water partition coefficient (Wildman–Crippen LogP) is 3.44. The molecule has 0 unspecified atom stereocenters. The van der Waals surface area contributed by atoms with E-state index in [0.29, 0.717) is 25.0 Å². The molecule has 0 heterocycles. The number of allylic oxidation sites excluding steroid dienone is 1. The summed E-state index contributed by atoms with van der Waals surface area (Å²) < 4.78 is 5.80. The van der Waals surface area contributed by atoms with Crippen molar-refractivity contribution in [3.8, 4) is 5.75 Å². The fourth-order valence-corrected chi connectivity index (χ4v) is 1.88. The van der Waals surface area contributed by atoms with E-state index in [4.69, 9.17) is 4.74 Å². The van der Waals surface area contributed by atoms with Crippen LogP contribution < -0.4 is 4.74 Å². The van der Waals surface area contributed by atoms with Crippen LogP contribution in [0.3, 0.4) is 0 Å². The standard InChI is InChI=1S/C15H20O3/c1-4-9-12-10-7-8-11-13(12)18-15(5-2,6-3)14(16)17/h4,7-8,10-11H,1,5-6,9H2,2-3H3,(H,16,17). The molecule has 0 amide bonds. The molecule has 1 aromatic carbocycles. The van der Waals surface area contributed by atoms with Gasteiger partial charge in [-0.1, -0.05) is 38.1 Å². The van der Waals surface area contributed by atoms with Gasteiger partial charge in [0.1, 0.15) is 5.75 Å². The molecule has 1 N–H and O–H groups in total. The summed E-state index contributed by atoms with van der Waals surface area (Å²) >= 11 is 0. The van der Waals surface area contributed by atoms with E-state index in [1.165, 1.54) is 0 Å². The van der Waals surface area contributed by atoms with Crippen molar-refractivity contribution in [2.45, 2.75) is 38.7 Å². The highest BCUT2D eigenvalue weighted by molar-refractivity contribution is 5.77. The Bertz CT molecular complexity index is 420. The van der Waals surface area contributed by atoms with Crippen LogP contribution in [0.2, 0.25) is 0 Å². The number of para-hydroxylation sites is 1. The van der Waals surface area contributed by atoms with Crippen molar-refractivity contribution in [1.82, 2.24) is 0 Å². The van der Waals surface area contributed by atoms with E-state index in [-0.39, 0.29) is 0 Å². The minimum absolute atomic E-state index is 0.432. The first-order valence-corrected chi connectivity index (χ1v) is 6.20. The second-order valence-electron chi connectivity index (χ2n) is 4.21. The lowest BCUT2D eigenvalue weighted by atomic mass is 9.97. The van der Waals surface area contributed by atoms with Gasteiger partial charge in [-0.25, -0.2) is 4.79 Å². The molecule has 0 aliphatic carbocycles. The first-order valence-electron chi connectivity index (χ1n) is 6.20. The summed E-state index contributed by atoms with van der Waals surface area (Å²) in [5, 5.41) is 9.36. The van der Waals surface area contributed by atoms with Crippen LogP contribution in [-0.4, -0.2) is 16.7 Å². The largest absolute Gasteiger partial charge is 0.478 e. The fourth-order valence-electron chi connectivity index (χ4n) is 1.88. The highest BCUT2D eigenvalue weighted by atomic mass is 16.5. The maximum atomic E-state index is 11.4. The Balaban J connectivity index is 3.07. The zero-order valence-electron chi connectivity index (χ0n) is 11.0. The van der Waals surface area contributed by atoms with Crippen LogP contribution in [-0.2, 0) is 11.2 Å². The van der Waals surface area contributed by atoms with E-state index in [2.05, 4.69) is 6.58 Å². The molecule has 1 aromatic rings. The zero-order valence-corrected chi connectivity index (χ0v) is 11.0. The van der Waals surface area contributed by atoms with Crippen molar-refractivity contribution >= 4 is 5.97 Å². The van der Waals surface area contributed by atoms with Crippen molar-refractivity contribution in [3.05, 3.63) is 42.5 Å². The number of aliphatic carboxylic acids is 1. The summed E-state index contributed by atoms with van der Waals surface area (Å²) in [5.74, 6) is -0.288. The number of benzene rings is 1. The molecule has 0 bridgehead atoms. The number of carbonyl (C=O) groups is 1. The lowest BCUT2D eigenvalue weighted by molar-refractivity contribution is -0.156. The molecule has 3 heteroatoms. The number of hydrogen-bond donors (Lipinski definition) is 1. The lowest BCUT2D eigenvalue weighted by Gasteiger charge is -2.29. The van der Waals surface area contributed by atoms with Crippen LogP contribution in [0.5, 0.6) is 5.75 Å². The second kappa shape index (κ2) is 6.24. The number of ether oxygens (including phenoxy) is 1. The number of rotatable bonds is 7. The summed E-state index contributed by atoms with van der Waals surface area (Å²) in [6, 6.07) is 7.49. The number of hydrogen-bond acceptors (Lipinski definition) is 2. The van der Waals surface area contributed by atoms with Crippen LogP contribution in [0, 0.1) is 0 Å². The Labute approximate surface area is 108 Å². The molecule has 3 nitrogen and oxygen atoms in total. The smallest absolute Gasteiger partial charge is 0.348 e. The molecule has 0 radical (unpaired) electrons. The Kier molecular flexibility index (Phi) is 4.95. The normalized spacial score (nSPS) is 11.0. The third-order valence-electron chi connectivity index (χ3n) is 3.17. The summed E-state index contributed by atoms with van der Waals surface area (Å²) in [5.41, 5.74) is -0.183. The van der Waals surface area contributed by atoms with E-state index >= 15 is 0 Å². The maximum absolute atomic E-state index is 11.4. The third kappa shape index (κ3) is 2.92. The Morgan fingerprint density at radius 1 is 1.39 bits per heavy atom. The maximum Gasteiger partial charge on any atom is 0.348 e. The Morgan fingerprint density at radius 3 is 2.50 bits per heavy atom. The molecule has 0 spiro atoms. The van der Waals surface area contributed by atoms with Gasteiger partial charge in [0.05, 0.1) is 0 Å². The number of carboxylic acid groups (broad SMARTS) is 1. The lowest BCUT2D eigenvalue weighted by Crippen LogP contribution is -2.43. The summed E-state index contributed by atoms with van der Waals surface area (Å²) in [7, 11) is 0. The number of carboxylic acids is 1. The highest BCUT2D eigenvalue weighted by Crippen LogP contribution is 2.28. The Hall–Kier alpha value is -1.77. The van der Waals surface area contributed by atoms with Crippen molar-refractivity contribution in [3.63, 3.8) is 0 Å². The Morgan fingerprint density at radius 2 is 2.00 bits per heavy atom. The van der Waals surface area contributed by atoms with Crippen LogP contribution in [0.15, 0.2) is 36.9 Å². The van der Waals surface area contributed by atoms with E-state index in [1.54, 1.807) is 6.08 Å². The van der Waals surface area contributed by atoms with Crippen LogP contribution in [0.25, 0.3) is 0 Å². The highest BCUT2D eigenvalue weighted by Gasteiger charge is 2.37. The molecule has 0 aliphatic rings. The van der Waals surface area contributed by atoms with Crippen LogP contribution >= 0.6 is 0 Å². The van der Waals surface area contributed by atoms with Crippen molar-refractivity contribution in [2.75, 3.05) is 0 Å². The molecule has 1 rings (SSSR count). The van der Waals surface area contributed by atoms with Crippen molar-refractivity contribution in [2.24, 2.45) is 0 Å². The molecule has 0 saturated carbocycles. The fraction of sp³-hybridized carbons (Fsp3) is 0.400. The van der Waals surface area contributed by atoms with Gasteiger partial charge in [-0.15, -0.1) is 6.58 Å². The van der Waals surface area contributed by atoms with Crippen LogP contribution in [0.1, 0.15) is 32.3 Å². The zero-order chi connectivity index (χ0) is 13.6. The molecular formula is C15H20O3. The monoisotopic (exact) mass is 248 g/mol. The van der Waals surface area contributed by atoms with Gasteiger partial charge in [-0.2, -0.15) is 0 Å². The topological polar surface area (TPSA) is 46.5 Å². The molecule has 0 fully saturated rings. The third-order valence-corrected chi connectivity index (χ3v) is 3.17. The molecule has 0 atom stereocenters. The van der Waals surface area contributed by atoms with Gasteiger partial charge < -0.3 is 9.84 Å².